The van der Waals surface area contributed by atoms with Gasteiger partial charge in [0.25, 0.3) is 5.91 Å². The molecule has 0 spiro atoms. The van der Waals surface area contributed by atoms with Gasteiger partial charge in [-0.3, -0.25) is 9.59 Å². The highest BCUT2D eigenvalue weighted by atomic mass is 16.5. The van der Waals surface area contributed by atoms with E-state index in [0.29, 0.717) is 24.4 Å². The number of aryl methyl sites for hydroxylation is 1. The molecule has 128 valence electrons. The van der Waals surface area contributed by atoms with Crippen LogP contribution in [-0.4, -0.2) is 25.0 Å². The molecule has 0 fully saturated rings. The molecule has 0 atom stereocenters. The van der Waals surface area contributed by atoms with Crippen LogP contribution in [0.25, 0.3) is 0 Å². The van der Waals surface area contributed by atoms with Gasteiger partial charge >= 0.3 is 0 Å². The van der Waals surface area contributed by atoms with Crippen LogP contribution >= 0.6 is 0 Å². The standard InChI is InChI=1S/C19H19N3O3/c1-14-2-8-17(9-3-14)25-13-12-21-19(24)15-4-6-16(7-5-15)22-18(23)10-11-20/h2-9H,10,12-13H2,1H3,(H,21,24)(H,22,23). The van der Waals surface area contributed by atoms with E-state index in [1.165, 1.54) is 0 Å². The number of carbonyl (C=O) groups excluding carboxylic acids is 2. The molecule has 0 unspecified atom stereocenters. The first-order chi connectivity index (χ1) is 12.1. The van der Waals surface area contributed by atoms with E-state index in [9.17, 15) is 9.59 Å². The van der Waals surface area contributed by atoms with Gasteiger partial charge in [0.2, 0.25) is 5.91 Å². The molecule has 0 saturated carbocycles. The van der Waals surface area contributed by atoms with Crippen LogP contribution in [0, 0.1) is 18.3 Å². The van der Waals surface area contributed by atoms with Crippen molar-refractivity contribution in [2.24, 2.45) is 0 Å². The summed E-state index contributed by atoms with van der Waals surface area (Å²) < 4.78 is 5.54. The van der Waals surface area contributed by atoms with Crippen LogP contribution in [0.4, 0.5) is 5.69 Å². The minimum Gasteiger partial charge on any atom is -0.492 e. The fourth-order valence-corrected chi connectivity index (χ4v) is 2.05. The topological polar surface area (TPSA) is 91.2 Å². The Labute approximate surface area is 146 Å². The molecule has 2 aromatic carbocycles. The number of nitrogens with zero attached hydrogens (tertiary/aromatic N) is 1. The van der Waals surface area contributed by atoms with Crippen molar-refractivity contribution in [3.8, 4) is 11.8 Å². The van der Waals surface area contributed by atoms with Crippen molar-refractivity contribution in [3.63, 3.8) is 0 Å². The summed E-state index contributed by atoms with van der Waals surface area (Å²) in [5.41, 5.74) is 2.18. The van der Waals surface area contributed by atoms with Gasteiger partial charge in [0.1, 0.15) is 18.8 Å². The molecule has 6 nitrogen and oxygen atoms in total. The molecule has 2 N–H and O–H groups in total. The molecule has 2 aromatic rings. The number of amides is 2. The van der Waals surface area contributed by atoms with Crippen molar-refractivity contribution in [3.05, 3.63) is 59.7 Å². The van der Waals surface area contributed by atoms with Crippen LogP contribution < -0.4 is 15.4 Å². The molecule has 0 bridgehead atoms. The zero-order valence-electron chi connectivity index (χ0n) is 13.9. The van der Waals surface area contributed by atoms with Crippen molar-refractivity contribution in [2.45, 2.75) is 13.3 Å². The predicted molar refractivity (Wildman–Crippen MR) is 94.3 cm³/mol. The fraction of sp³-hybridized carbons (Fsp3) is 0.211. The van der Waals surface area contributed by atoms with Gasteiger partial charge in [0.15, 0.2) is 0 Å². The second-order valence-corrected chi connectivity index (χ2v) is 5.38. The number of hydrogen-bond donors (Lipinski definition) is 2. The summed E-state index contributed by atoms with van der Waals surface area (Å²) in [6.07, 6.45) is -0.205. The van der Waals surface area contributed by atoms with Crippen LogP contribution in [-0.2, 0) is 4.79 Å². The normalized spacial score (nSPS) is 9.76. The summed E-state index contributed by atoms with van der Waals surface area (Å²) in [6, 6.07) is 15.9. The maximum atomic E-state index is 12.0. The minimum absolute atomic E-state index is 0.205. The highest BCUT2D eigenvalue weighted by Gasteiger charge is 2.06. The lowest BCUT2D eigenvalue weighted by Crippen LogP contribution is -2.28. The predicted octanol–water partition coefficient (Wildman–Crippen LogP) is 2.66. The quantitative estimate of drug-likeness (QED) is 0.760. The summed E-state index contributed by atoms with van der Waals surface area (Å²) >= 11 is 0. The number of nitriles is 1. The zero-order valence-corrected chi connectivity index (χ0v) is 13.9. The van der Waals surface area contributed by atoms with E-state index < -0.39 is 0 Å². The molecule has 0 aliphatic rings. The maximum Gasteiger partial charge on any atom is 0.251 e. The van der Waals surface area contributed by atoms with E-state index in [2.05, 4.69) is 10.6 Å². The average Bonchev–Trinajstić information content (AvgIpc) is 2.61. The van der Waals surface area contributed by atoms with E-state index >= 15 is 0 Å². The van der Waals surface area contributed by atoms with E-state index in [1.807, 2.05) is 31.2 Å². The number of anilines is 1. The number of benzene rings is 2. The molecular formula is C19H19N3O3. The van der Waals surface area contributed by atoms with Gasteiger partial charge < -0.3 is 15.4 Å². The van der Waals surface area contributed by atoms with Crippen LogP contribution in [0.3, 0.4) is 0 Å². The lowest BCUT2D eigenvalue weighted by molar-refractivity contribution is -0.115. The molecule has 0 aliphatic carbocycles. The Morgan fingerprint density at radius 3 is 2.40 bits per heavy atom. The molecular weight excluding hydrogens is 318 g/mol. The minimum atomic E-state index is -0.382. The first kappa shape index (κ1) is 18.0. The molecule has 2 rings (SSSR count). The Morgan fingerprint density at radius 2 is 1.76 bits per heavy atom. The largest absolute Gasteiger partial charge is 0.492 e. The molecule has 2 amide bonds. The van der Waals surface area contributed by atoms with Gasteiger partial charge in [0.05, 0.1) is 12.6 Å². The summed E-state index contributed by atoms with van der Waals surface area (Å²) in [5.74, 6) is 0.160. The van der Waals surface area contributed by atoms with Gasteiger partial charge in [-0.2, -0.15) is 5.26 Å². The van der Waals surface area contributed by atoms with E-state index in [0.717, 1.165) is 11.3 Å². The number of carbonyl (C=O) groups is 2. The van der Waals surface area contributed by atoms with Crippen molar-refractivity contribution < 1.29 is 14.3 Å². The molecule has 0 radical (unpaired) electrons. The average molecular weight is 337 g/mol. The van der Waals surface area contributed by atoms with E-state index in [4.69, 9.17) is 10.00 Å². The maximum absolute atomic E-state index is 12.0. The molecule has 6 heteroatoms. The Hall–Kier alpha value is -3.33. The van der Waals surface area contributed by atoms with Crippen molar-refractivity contribution >= 4 is 17.5 Å². The summed E-state index contributed by atoms with van der Waals surface area (Å²) in [7, 11) is 0. The highest BCUT2D eigenvalue weighted by Crippen LogP contribution is 2.11. The first-order valence-corrected chi connectivity index (χ1v) is 7.83. The van der Waals surface area contributed by atoms with Crippen molar-refractivity contribution in [2.75, 3.05) is 18.5 Å². The molecule has 0 aromatic heterocycles. The SMILES string of the molecule is Cc1ccc(OCCNC(=O)c2ccc(NC(=O)CC#N)cc2)cc1. The Balaban J connectivity index is 1.76. The number of rotatable bonds is 7. The lowest BCUT2D eigenvalue weighted by atomic mass is 10.2. The second kappa shape index (κ2) is 9.08. The summed E-state index contributed by atoms with van der Waals surface area (Å²) in [4.78, 5) is 23.4. The molecule has 0 saturated heterocycles. The number of ether oxygens (including phenoxy) is 1. The second-order valence-electron chi connectivity index (χ2n) is 5.38. The smallest absolute Gasteiger partial charge is 0.251 e. The van der Waals surface area contributed by atoms with Crippen LogP contribution in [0.1, 0.15) is 22.3 Å². The number of nitrogens with one attached hydrogen (secondary N) is 2. The fourth-order valence-electron chi connectivity index (χ4n) is 2.05. The third kappa shape index (κ3) is 5.99. The van der Waals surface area contributed by atoms with Gasteiger partial charge in [-0.25, -0.2) is 0 Å². The zero-order chi connectivity index (χ0) is 18.1. The Kier molecular flexibility index (Phi) is 6.55. The number of hydrogen-bond acceptors (Lipinski definition) is 4. The third-order valence-corrected chi connectivity index (χ3v) is 3.35. The van der Waals surface area contributed by atoms with Crippen LogP contribution in [0.15, 0.2) is 48.5 Å². The molecule has 0 aliphatic heterocycles. The van der Waals surface area contributed by atoms with E-state index in [-0.39, 0.29) is 18.2 Å². The monoisotopic (exact) mass is 337 g/mol. The van der Waals surface area contributed by atoms with Crippen molar-refractivity contribution in [1.29, 1.82) is 5.26 Å². The Morgan fingerprint density at radius 1 is 1.08 bits per heavy atom. The van der Waals surface area contributed by atoms with Crippen LogP contribution in [0.5, 0.6) is 5.75 Å². The molecule has 0 heterocycles. The van der Waals surface area contributed by atoms with Gasteiger partial charge in [0, 0.05) is 11.3 Å². The summed E-state index contributed by atoms with van der Waals surface area (Å²) in [5, 5.41) is 13.8. The van der Waals surface area contributed by atoms with E-state index in [1.54, 1.807) is 30.3 Å². The van der Waals surface area contributed by atoms with Crippen molar-refractivity contribution in [1.82, 2.24) is 5.32 Å². The first-order valence-electron chi connectivity index (χ1n) is 7.83. The molecule has 25 heavy (non-hydrogen) atoms. The summed E-state index contributed by atoms with van der Waals surface area (Å²) in [6.45, 7) is 2.76. The van der Waals surface area contributed by atoms with Crippen LogP contribution in [0.2, 0.25) is 0 Å². The van der Waals surface area contributed by atoms with Gasteiger partial charge in [-0.1, -0.05) is 17.7 Å². The Bertz CT molecular complexity index is 762. The van der Waals surface area contributed by atoms with Gasteiger partial charge in [-0.05, 0) is 43.3 Å². The van der Waals surface area contributed by atoms with Gasteiger partial charge in [-0.15, -0.1) is 0 Å². The third-order valence-electron chi connectivity index (χ3n) is 3.35. The lowest BCUT2D eigenvalue weighted by Gasteiger charge is -2.09. The highest BCUT2D eigenvalue weighted by molar-refractivity contribution is 5.96.